The quantitative estimate of drug-likeness (QED) is 0.750. The zero-order valence-electron chi connectivity index (χ0n) is 9.45. The Morgan fingerprint density at radius 2 is 2.29 bits per heavy atom. The molecule has 0 aromatic carbocycles. The standard InChI is InChI=1S/C11H21N3/c1-4-6-11(12-3)7-10-8-13-14(5-2)9-10/h8-9,11-12H,4-7H2,1-3H3. The molecule has 1 aromatic rings. The maximum absolute atomic E-state index is 4.27. The highest BCUT2D eigenvalue weighted by Gasteiger charge is 2.07. The van der Waals surface area contributed by atoms with Crippen LogP contribution < -0.4 is 5.32 Å². The van der Waals surface area contributed by atoms with Gasteiger partial charge in [0, 0.05) is 18.8 Å². The van der Waals surface area contributed by atoms with Gasteiger partial charge in [0.2, 0.25) is 0 Å². The predicted octanol–water partition coefficient (Wildman–Crippen LogP) is 1.83. The molecule has 1 rings (SSSR count). The predicted molar refractivity (Wildman–Crippen MR) is 59.4 cm³/mol. The number of likely N-dealkylation sites (N-methyl/N-ethyl adjacent to an activating group) is 1. The van der Waals surface area contributed by atoms with Crippen molar-refractivity contribution < 1.29 is 0 Å². The summed E-state index contributed by atoms with van der Waals surface area (Å²) in [4.78, 5) is 0. The van der Waals surface area contributed by atoms with Gasteiger partial charge in [0.1, 0.15) is 0 Å². The molecular weight excluding hydrogens is 174 g/mol. The van der Waals surface area contributed by atoms with Crippen LogP contribution in [0.4, 0.5) is 0 Å². The minimum Gasteiger partial charge on any atom is -0.317 e. The fourth-order valence-electron chi connectivity index (χ4n) is 1.67. The topological polar surface area (TPSA) is 29.9 Å². The summed E-state index contributed by atoms with van der Waals surface area (Å²) in [6.07, 6.45) is 7.66. The summed E-state index contributed by atoms with van der Waals surface area (Å²) >= 11 is 0. The fourth-order valence-corrected chi connectivity index (χ4v) is 1.67. The molecular formula is C11H21N3. The van der Waals surface area contributed by atoms with Gasteiger partial charge in [-0.1, -0.05) is 13.3 Å². The molecule has 0 bridgehead atoms. The van der Waals surface area contributed by atoms with Gasteiger partial charge in [-0.25, -0.2) is 0 Å². The first kappa shape index (κ1) is 11.2. The van der Waals surface area contributed by atoms with Crippen molar-refractivity contribution in [3.63, 3.8) is 0 Å². The monoisotopic (exact) mass is 195 g/mol. The summed E-state index contributed by atoms with van der Waals surface area (Å²) in [5.74, 6) is 0. The number of aryl methyl sites for hydroxylation is 1. The average Bonchev–Trinajstić information content (AvgIpc) is 2.65. The second-order valence-electron chi connectivity index (χ2n) is 3.68. The Balaban J connectivity index is 2.48. The number of nitrogens with zero attached hydrogens (tertiary/aromatic N) is 2. The molecule has 0 aliphatic rings. The van der Waals surface area contributed by atoms with Crippen LogP contribution in [0.2, 0.25) is 0 Å². The lowest BCUT2D eigenvalue weighted by Gasteiger charge is -2.13. The van der Waals surface area contributed by atoms with Gasteiger partial charge in [-0.15, -0.1) is 0 Å². The smallest absolute Gasteiger partial charge is 0.0522 e. The summed E-state index contributed by atoms with van der Waals surface area (Å²) in [6.45, 7) is 5.29. The lowest BCUT2D eigenvalue weighted by Crippen LogP contribution is -2.27. The SMILES string of the molecule is CCCC(Cc1cnn(CC)c1)NC. The molecule has 1 N–H and O–H groups in total. The van der Waals surface area contributed by atoms with E-state index in [9.17, 15) is 0 Å². The van der Waals surface area contributed by atoms with E-state index in [4.69, 9.17) is 0 Å². The molecule has 14 heavy (non-hydrogen) atoms. The van der Waals surface area contributed by atoms with Gasteiger partial charge < -0.3 is 5.32 Å². The van der Waals surface area contributed by atoms with Crippen LogP contribution >= 0.6 is 0 Å². The highest BCUT2D eigenvalue weighted by atomic mass is 15.3. The Labute approximate surface area is 86.5 Å². The maximum Gasteiger partial charge on any atom is 0.0522 e. The average molecular weight is 195 g/mol. The van der Waals surface area contributed by atoms with Crippen molar-refractivity contribution in [2.75, 3.05) is 7.05 Å². The van der Waals surface area contributed by atoms with E-state index in [2.05, 4.69) is 30.5 Å². The number of nitrogens with one attached hydrogen (secondary N) is 1. The van der Waals surface area contributed by atoms with Gasteiger partial charge in [-0.05, 0) is 32.4 Å². The molecule has 0 saturated heterocycles. The lowest BCUT2D eigenvalue weighted by atomic mass is 10.1. The third-order valence-electron chi connectivity index (χ3n) is 2.54. The van der Waals surface area contributed by atoms with E-state index in [-0.39, 0.29) is 0 Å². The number of hydrogen-bond donors (Lipinski definition) is 1. The molecule has 0 fully saturated rings. The molecule has 3 heteroatoms. The van der Waals surface area contributed by atoms with Gasteiger partial charge in [0.15, 0.2) is 0 Å². The van der Waals surface area contributed by atoms with Crippen molar-refractivity contribution >= 4 is 0 Å². The van der Waals surface area contributed by atoms with Crippen LogP contribution in [0, 0.1) is 0 Å². The highest BCUT2D eigenvalue weighted by Crippen LogP contribution is 2.06. The Hall–Kier alpha value is -0.830. The Kier molecular flexibility index (Phi) is 4.66. The van der Waals surface area contributed by atoms with Gasteiger partial charge >= 0.3 is 0 Å². The van der Waals surface area contributed by atoms with Gasteiger partial charge in [0.25, 0.3) is 0 Å². The number of hydrogen-bond acceptors (Lipinski definition) is 2. The van der Waals surface area contributed by atoms with Crippen LogP contribution in [0.1, 0.15) is 32.3 Å². The van der Waals surface area contributed by atoms with Crippen LogP contribution in [0.15, 0.2) is 12.4 Å². The van der Waals surface area contributed by atoms with Crippen molar-refractivity contribution in [2.45, 2.75) is 45.7 Å². The van der Waals surface area contributed by atoms with Crippen LogP contribution in [0.3, 0.4) is 0 Å². The Morgan fingerprint density at radius 1 is 1.50 bits per heavy atom. The van der Waals surface area contributed by atoms with Gasteiger partial charge in [-0.2, -0.15) is 5.10 Å². The molecule has 0 spiro atoms. The van der Waals surface area contributed by atoms with Crippen molar-refractivity contribution in [3.8, 4) is 0 Å². The molecule has 0 radical (unpaired) electrons. The lowest BCUT2D eigenvalue weighted by molar-refractivity contribution is 0.513. The minimum atomic E-state index is 0.592. The molecule has 1 atom stereocenters. The molecule has 0 saturated carbocycles. The molecule has 0 aliphatic carbocycles. The van der Waals surface area contributed by atoms with Crippen molar-refractivity contribution in [3.05, 3.63) is 18.0 Å². The van der Waals surface area contributed by atoms with E-state index < -0.39 is 0 Å². The van der Waals surface area contributed by atoms with Crippen LogP contribution in [0.5, 0.6) is 0 Å². The number of rotatable bonds is 6. The molecule has 1 unspecified atom stereocenters. The first-order chi connectivity index (χ1) is 6.80. The van der Waals surface area contributed by atoms with E-state index in [1.54, 1.807) is 0 Å². The van der Waals surface area contributed by atoms with E-state index in [0.717, 1.165) is 13.0 Å². The summed E-state index contributed by atoms with van der Waals surface area (Å²) in [5, 5.41) is 7.61. The molecule has 3 nitrogen and oxygen atoms in total. The minimum absolute atomic E-state index is 0.592. The van der Waals surface area contributed by atoms with Crippen molar-refractivity contribution in [1.82, 2.24) is 15.1 Å². The zero-order chi connectivity index (χ0) is 10.4. The second kappa shape index (κ2) is 5.81. The molecule has 80 valence electrons. The third kappa shape index (κ3) is 3.14. The molecule has 1 aromatic heterocycles. The highest BCUT2D eigenvalue weighted by molar-refractivity contribution is 5.06. The molecule has 0 aliphatic heterocycles. The van der Waals surface area contributed by atoms with Crippen LogP contribution in [-0.2, 0) is 13.0 Å². The van der Waals surface area contributed by atoms with Crippen LogP contribution in [0.25, 0.3) is 0 Å². The van der Waals surface area contributed by atoms with Gasteiger partial charge in [0.05, 0.1) is 6.20 Å². The van der Waals surface area contributed by atoms with E-state index >= 15 is 0 Å². The van der Waals surface area contributed by atoms with E-state index in [1.807, 2.05) is 17.9 Å². The van der Waals surface area contributed by atoms with Gasteiger partial charge in [-0.3, -0.25) is 4.68 Å². The summed E-state index contributed by atoms with van der Waals surface area (Å²) < 4.78 is 1.98. The second-order valence-corrected chi connectivity index (χ2v) is 3.68. The number of aromatic nitrogens is 2. The Bertz CT molecular complexity index is 255. The van der Waals surface area contributed by atoms with Crippen molar-refractivity contribution in [1.29, 1.82) is 0 Å². The van der Waals surface area contributed by atoms with Crippen LogP contribution in [-0.4, -0.2) is 22.9 Å². The normalized spacial score (nSPS) is 13.1. The summed E-state index contributed by atoms with van der Waals surface area (Å²) in [6, 6.07) is 0.592. The van der Waals surface area contributed by atoms with Crippen molar-refractivity contribution in [2.24, 2.45) is 0 Å². The third-order valence-corrected chi connectivity index (χ3v) is 2.54. The first-order valence-corrected chi connectivity index (χ1v) is 5.48. The molecule has 0 amide bonds. The Morgan fingerprint density at radius 3 is 2.79 bits per heavy atom. The maximum atomic E-state index is 4.27. The fraction of sp³-hybridized carbons (Fsp3) is 0.727. The van der Waals surface area contributed by atoms with E-state index in [1.165, 1.54) is 18.4 Å². The summed E-state index contributed by atoms with van der Waals surface area (Å²) in [5.41, 5.74) is 1.33. The molecule has 1 heterocycles. The first-order valence-electron chi connectivity index (χ1n) is 5.48. The largest absolute Gasteiger partial charge is 0.317 e. The summed E-state index contributed by atoms with van der Waals surface area (Å²) in [7, 11) is 2.03. The zero-order valence-corrected chi connectivity index (χ0v) is 9.45. The van der Waals surface area contributed by atoms with E-state index in [0.29, 0.717) is 6.04 Å².